The van der Waals surface area contributed by atoms with Gasteiger partial charge in [-0.1, -0.05) is 24.3 Å². The summed E-state index contributed by atoms with van der Waals surface area (Å²) >= 11 is 0. The maximum Gasteiger partial charge on any atom is 0.237 e. The number of benzene rings is 1. The molecule has 1 spiro atoms. The van der Waals surface area contributed by atoms with Crippen molar-refractivity contribution < 1.29 is 9.59 Å². The maximum atomic E-state index is 13.3. The van der Waals surface area contributed by atoms with Crippen LogP contribution in [0.5, 0.6) is 0 Å². The van der Waals surface area contributed by atoms with E-state index in [0.717, 1.165) is 22.4 Å². The molecule has 4 heterocycles. The van der Waals surface area contributed by atoms with Crippen LogP contribution in [-0.4, -0.2) is 33.2 Å². The largest absolute Gasteiger partial charge is 0.334 e. The highest BCUT2D eigenvalue weighted by Gasteiger charge is 2.59. The van der Waals surface area contributed by atoms with Crippen molar-refractivity contribution in [2.24, 2.45) is 0 Å². The lowest BCUT2D eigenvalue weighted by atomic mass is 9.73. The number of anilines is 1. The van der Waals surface area contributed by atoms with E-state index in [2.05, 4.69) is 15.3 Å². The average Bonchev–Trinajstić information content (AvgIpc) is 3.33. The van der Waals surface area contributed by atoms with Crippen LogP contribution in [0.25, 0.3) is 0 Å². The molecule has 2 atom stereocenters. The minimum absolute atomic E-state index is 0.0398. The van der Waals surface area contributed by atoms with Gasteiger partial charge in [0.05, 0.1) is 6.04 Å². The topological polar surface area (TPSA) is 75.2 Å². The standard InChI is InChI=1S/C24H22N4O2/c29-21(8-7-17-9-13-25-14-10-17)28-15-11-24(22(28)18-4-3-12-26-16-18)19-5-1-2-6-20(19)27-23(24)30/h1-6,9-10,12-14,16,22H,7-8,11,15H2,(H,27,30). The smallest absolute Gasteiger partial charge is 0.237 e. The molecule has 1 aromatic carbocycles. The first kappa shape index (κ1) is 18.5. The first-order valence-electron chi connectivity index (χ1n) is 10.2. The van der Waals surface area contributed by atoms with Crippen molar-refractivity contribution in [1.29, 1.82) is 0 Å². The van der Waals surface area contributed by atoms with Crippen molar-refractivity contribution in [2.45, 2.75) is 30.7 Å². The van der Waals surface area contributed by atoms with Crippen molar-refractivity contribution in [3.8, 4) is 0 Å². The summed E-state index contributed by atoms with van der Waals surface area (Å²) in [5.41, 5.74) is 2.98. The Morgan fingerprint density at radius 2 is 1.90 bits per heavy atom. The van der Waals surface area contributed by atoms with Crippen LogP contribution in [-0.2, 0) is 21.4 Å². The van der Waals surface area contributed by atoms with E-state index in [1.54, 1.807) is 24.8 Å². The molecule has 0 aliphatic carbocycles. The second-order valence-corrected chi connectivity index (χ2v) is 7.85. The summed E-state index contributed by atoms with van der Waals surface area (Å²) in [5, 5.41) is 3.04. The van der Waals surface area contributed by atoms with Crippen LogP contribution in [0.15, 0.2) is 73.3 Å². The van der Waals surface area contributed by atoms with Crippen molar-refractivity contribution in [3.63, 3.8) is 0 Å². The van der Waals surface area contributed by atoms with Crippen LogP contribution in [0.2, 0.25) is 0 Å². The second kappa shape index (κ2) is 7.37. The zero-order valence-corrected chi connectivity index (χ0v) is 16.5. The Kier molecular flexibility index (Phi) is 4.54. The van der Waals surface area contributed by atoms with Gasteiger partial charge in [-0.25, -0.2) is 0 Å². The molecule has 3 aromatic rings. The molecule has 2 amide bonds. The number of aryl methyl sites for hydroxylation is 1. The lowest BCUT2D eigenvalue weighted by Crippen LogP contribution is -2.42. The predicted molar refractivity (Wildman–Crippen MR) is 113 cm³/mol. The highest BCUT2D eigenvalue weighted by molar-refractivity contribution is 6.07. The summed E-state index contributed by atoms with van der Waals surface area (Å²) < 4.78 is 0. The van der Waals surface area contributed by atoms with Crippen molar-refractivity contribution in [1.82, 2.24) is 14.9 Å². The summed E-state index contributed by atoms with van der Waals surface area (Å²) in [4.78, 5) is 36.8. The number of nitrogens with one attached hydrogen (secondary N) is 1. The number of nitrogens with zero attached hydrogens (tertiary/aromatic N) is 3. The Bertz CT molecular complexity index is 1090. The average molecular weight is 398 g/mol. The van der Waals surface area contributed by atoms with Crippen molar-refractivity contribution in [2.75, 3.05) is 11.9 Å². The van der Waals surface area contributed by atoms with E-state index in [0.29, 0.717) is 25.8 Å². The number of rotatable bonds is 4. The molecule has 30 heavy (non-hydrogen) atoms. The minimum atomic E-state index is -0.786. The van der Waals surface area contributed by atoms with Gasteiger partial charge in [-0.2, -0.15) is 0 Å². The molecular weight excluding hydrogens is 376 g/mol. The van der Waals surface area contributed by atoms with Gasteiger partial charge in [0.2, 0.25) is 11.8 Å². The number of likely N-dealkylation sites (tertiary alicyclic amines) is 1. The van der Waals surface area contributed by atoms with Crippen LogP contribution in [0, 0.1) is 0 Å². The molecule has 2 aliphatic rings. The van der Waals surface area contributed by atoms with Crippen molar-refractivity contribution in [3.05, 3.63) is 90.0 Å². The summed E-state index contributed by atoms with van der Waals surface area (Å²) in [6.07, 6.45) is 8.59. The zero-order chi connectivity index (χ0) is 20.6. The molecule has 1 fully saturated rings. The fourth-order valence-electron chi connectivity index (χ4n) is 4.90. The first-order chi connectivity index (χ1) is 14.7. The Morgan fingerprint density at radius 3 is 2.70 bits per heavy atom. The maximum absolute atomic E-state index is 13.3. The van der Waals surface area contributed by atoms with Crippen molar-refractivity contribution >= 4 is 17.5 Å². The fourth-order valence-corrected chi connectivity index (χ4v) is 4.90. The lowest BCUT2D eigenvalue weighted by molar-refractivity contribution is -0.133. The Balaban J connectivity index is 1.51. The van der Waals surface area contributed by atoms with Gasteiger partial charge >= 0.3 is 0 Å². The van der Waals surface area contributed by atoms with E-state index in [1.807, 2.05) is 53.4 Å². The quantitative estimate of drug-likeness (QED) is 0.732. The van der Waals surface area contributed by atoms with Gasteiger partial charge in [0.15, 0.2) is 0 Å². The molecule has 2 unspecified atom stereocenters. The van der Waals surface area contributed by atoms with E-state index in [4.69, 9.17) is 0 Å². The van der Waals surface area contributed by atoms with Gasteiger partial charge in [0.25, 0.3) is 0 Å². The third-order valence-corrected chi connectivity index (χ3v) is 6.28. The van der Waals surface area contributed by atoms with E-state index in [9.17, 15) is 9.59 Å². The summed E-state index contributed by atoms with van der Waals surface area (Å²) in [6.45, 7) is 0.538. The molecule has 0 saturated carbocycles. The normalized spacial score (nSPS) is 22.2. The monoisotopic (exact) mass is 398 g/mol. The number of fused-ring (bicyclic) bond motifs is 2. The first-order valence-corrected chi connectivity index (χ1v) is 10.2. The number of pyridine rings is 2. The Hall–Kier alpha value is -3.54. The van der Waals surface area contributed by atoms with Crippen LogP contribution in [0.3, 0.4) is 0 Å². The molecule has 6 heteroatoms. The number of carbonyl (C=O) groups is 2. The van der Waals surface area contributed by atoms with E-state index >= 15 is 0 Å². The SMILES string of the molecule is O=C(CCc1ccncc1)N1CCC2(C(=O)Nc3ccccc32)C1c1cccnc1. The summed E-state index contributed by atoms with van der Waals surface area (Å²) in [5.74, 6) is 0.0108. The van der Waals surface area contributed by atoms with Crippen LogP contribution in [0.4, 0.5) is 5.69 Å². The lowest BCUT2D eigenvalue weighted by Gasteiger charge is -2.34. The molecule has 1 N–H and O–H groups in total. The fraction of sp³-hybridized carbons (Fsp3) is 0.250. The van der Waals surface area contributed by atoms with Crippen LogP contribution >= 0.6 is 0 Å². The number of hydrogen-bond donors (Lipinski definition) is 1. The molecule has 0 radical (unpaired) electrons. The number of carbonyl (C=O) groups excluding carboxylic acids is 2. The van der Waals surface area contributed by atoms with Gasteiger partial charge < -0.3 is 10.2 Å². The van der Waals surface area contributed by atoms with Crippen LogP contribution in [0.1, 0.15) is 35.6 Å². The molecule has 0 bridgehead atoms. The van der Waals surface area contributed by atoms with Crippen LogP contribution < -0.4 is 5.32 Å². The van der Waals surface area contributed by atoms with E-state index in [-0.39, 0.29) is 17.9 Å². The Labute approximate surface area is 175 Å². The summed E-state index contributed by atoms with van der Waals surface area (Å²) in [7, 11) is 0. The molecule has 5 rings (SSSR count). The zero-order valence-electron chi connectivity index (χ0n) is 16.5. The third kappa shape index (κ3) is 2.87. The molecule has 2 aliphatic heterocycles. The number of hydrogen-bond acceptors (Lipinski definition) is 4. The molecule has 6 nitrogen and oxygen atoms in total. The molecular formula is C24H22N4O2. The van der Waals surface area contributed by atoms with Gasteiger partial charge in [-0.15, -0.1) is 0 Å². The predicted octanol–water partition coefficient (Wildman–Crippen LogP) is 3.27. The summed E-state index contributed by atoms with van der Waals surface area (Å²) in [6, 6.07) is 15.1. The van der Waals surface area contributed by atoms with Gasteiger partial charge in [0.1, 0.15) is 5.41 Å². The Morgan fingerprint density at radius 1 is 1.07 bits per heavy atom. The number of amides is 2. The van der Waals surface area contributed by atoms with E-state index in [1.165, 1.54) is 0 Å². The number of para-hydroxylation sites is 1. The minimum Gasteiger partial charge on any atom is -0.334 e. The molecule has 1 saturated heterocycles. The highest BCUT2D eigenvalue weighted by atomic mass is 16.2. The van der Waals surface area contributed by atoms with Gasteiger partial charge in [-0.3, -0.25) is 19.6 Å². The van der Waals surface area contributed by atoms with Gasteiger partial charge in [-0.05, 0) is 53.8 Å². The van der Waals surface area contributed by atoms with Gasteiger partial charge in [0, 0.05) is 43.4 Å². The highest BCUT2D eigenvalue weighted by Crippen LogP contribution is 2.54. The third-order valence-electron chi connectivity index (χ3n) is 6.28. The molecule has 150 valence electrons. The second-order valence-electron chi connectivity index (χ2n) is 7.85. The van der Waals surface area contributed by atoms with E-state index < -0.39 is 5.41 Å². The molecule has 2 aromatic heterocycles. The number of aromatic nitrogens is 2.